The van der Waals surface area contributed by atoms with Crippen molar-refractivity contribution < 1.29 is 14.8 Å². The van der Waals surface area contributed by atoms with Crippen LogP contribution >= 0.6 is 0 Å². The summed E-state index contributed by atoms with van der Waals surface area (Å²) in [5, 5.41) is 24.7. The molecule has 1 aliphatic rings. The van der Waals surface area contributed by atoms with Gasteiger partial charge in [0.2, 0.25) is 6.41 Å². The molecule has 8 heteroatoms. The molecule has 0 bridgehead atoms. The zero-order valence-corrected chi connectivity index (χ0v) is 14.7. The highest BCUT2D eigenvalue weighted by Gasteiger charge is 2.27. The summed E-state index contributed by atoms with van der Waals surface area (Å²) in [5.41, 5.74) is -0.320. The molecule has 0 saturated carbocycles. The summed E-state index contributed by atoms with van der Waals surface area (Å²) in [6, 6.07) is 0. The van der Waals surface area contributed by atoms with E-state index in [-0.39, 0.29) is 11.3 Å². The molecule has 0 amide bonds. The van der Waals surface area contributed by atoms with Gasteiger partial charge in [-0.2, -0.15) is 5.10 Å². The number of aryl methyl sites for hydroxylation is 1. The van der Waals surface area contributed by atoms with Gasteiger partial charge in [-0.05, 0) is 52.4 Å². The third kappa shape index (κ3) is 5.85. The molecule has 1 aromatic heterocycles. The van der Waals surface area contributed by atoms with Crippen LogP contribution in [0.25, 0.3) is 0 Å². The van der Waals surface area contributed by atoms with E-state index in [9.17, 15) is 15.2 Å². The van der Waals surface area contributed by atoms with Crippen molar-refractivity contribution in [2.45, 2.75) is 65.0 Å². The van der Waals surface area contributed by atoms with Crippen LogP contribution in [0, 0.1) is 16.0 Å². The molecular formula is C16H28N4O4. The summed E-state index contributed by atoms with van der Waals surface area (Å²) >= 11 is 0. The minimum absolute atomic E-state index is 0.0381. The number of rotatable bonds is 7. The number of nitrogens with zero attached hydrogens (tertiary/aromatic N) is 4. The summed E-state index contributed by atoms with van der Waals surface area (Å²) in [4.78, 5) is 12.2. The Balaban J connectivity index is 1.66. The molecule has 24 heavy (non-hydrogen) atoms. The molecule has 0 aliphatic carbocycles. The lowest BCUT2D eigenvalue weighted by atomic mass is 9.92. The molecule has 1 N–H and O–H groups in total. The lowest BCUT2D eigenvalue weighted by Crippen LogP contribution is -2.45. The van der Waals surface area contributed by atoms with E-state index in [0.717, 1.165) is 38.8 Å². The third-order valence-corrected chi connectivity index (χ3v) is 4.25. The second kappa shape index (κ2) is 8.04. The highest BCUT2D eigenvalue weighted by atomic mass is 16.6. The van der Waals surface area contributed by atoms with E-state index in [4.69, 9.17) is 4.74 Å². The first-order valence-electron chi connectivity index (χ1n) is 8.51. The summed E-state index contributed by atoms with van der Waals surface area (Å²) in [5.74, 6) is 0.619. The van der Waals surface area contributed by atoms with Crippen LogP contribution in [-0.2, 0) is 11.3 Å². The Morgan fingerprint density at radius 3 is 2.67 bits per heavy atom. The van der Waals surface area contributed by atoms with Crippen molar-refractivity contribution in [2.24, 2.45) is 5.92 Å². The number of likely N-dealkylation sites (tertiary alicyclic amines) is 1. The number of piperidine rings is 1. The molecule has 1 atom stereocenters. The molecule has 0 aromatic carbocycles. The molecule has 1 fully saturated rings. The fraction of sp³-hybridized carbons (Fsp3) is 0.812. The van der Waals surface area contributed by atoms with Crippen LogP contribution in [0.2, 0.25) is 0 Å². The zero-order valence-electron chi connectivity index (χ0n) is 14.7. The Morgan fingerprint density at radius 2 is 2.12 bits per heavy atom. The predicted molar refractivity (Wildman–Crippen MR) is 89.3 cm³/mol. The van der Waals surface area contributed by atoms with Gasteiger partial charge >= 0.3 is 5.69 Å². The van der Waals surface area contributed by atoms with Crippen LogP contribution in [0.1, 0.15) is 46.5 Å². The van der Waals surface area contributed by atoms with Gasteiger partial charge in [-0.1, -0.05) is 0 Å². The third-order valence-electron chi connectivity index (χ3n) is 4.25. The van der Waals surface area contributed by atoms with Gasteiger partial charge in [0.25, 0.3) is 0 Å². The van der Waals surface area contributed by atoms with Gasteiger partial charge in [0, 0.05) is 19.6 Å². The predicted octanol–water partition coefficient (Wildman–Crippen LogP) is 2.37. The van der Waals surface area contributed by atoms with E-state index in [1.54, 1.807) is 4.68 Å². The van der Waals surface area contributed by atoms with Crippen molar-refractivity contribution in [1.29, 1.82) is 0 Å². The average Bonchev–Trinajstić information content (AvgIpc) is 2.95. The second-order valence-electron chi connectivity index (χ2n) is 7.40. The maximum absolute atomic E-state index is 10.6. The normalized spacial score (nSPS) is 18.7. The highest BCUT2D eigenvalue weighted by molar-refractivity contribution is 5.20. The number of nitro groups is 1. The molecule has 1 aromatic rings. The van der Waals surface area contributed by atoms with Gasteiger partial charge in [-0.25, -0.2) is 0 Å². The minimum Gasteiger partial charge on any atom is -0.356 e. The van der Waals surface area contributed by atoms with E-state index in [1.165, 1.54) is 12.4 Å². The van der Waals surface area contributed by atoms with Gasteiger partial charge in [0.05, 0.1) is 10.5 Å². The van der Waals surface area contributed by atoms with Crippen LogP contribution < -0.4 is 0 Å². The van der Waals surface area contributed by atoms with Crippen molar-refractivity contribution >= 4 is 5.69 Å². The maximum atomic E-state index is 10.6. The van der Waals surface area contributed by atoms with Crippen molar-refractivity contribution in [3.63, 3.8) is 0 Å². The van der Waals surface area contributed by atoms with E-state index in [1.807, 2.05) is 25.7 Å². The number of aliphatic hydroxyl groups excluding tert-OH is 1. The Bertz CT molecular complexity index is 532. The number of hydrogen-bond donors (Lipinski definition) is 1. The maximum Gasteiger partial charge on any atom is 0.306 e. The molecule has 136 valence electrons. The minimum atomic E-state index is -0.837. The Labute approximate surface area is 142 Å². The van der Waals surface area contributed by atoms with Gasteiger partial charge < -0.3 is 9.84 Å². The monoisotopic (exact) mass is 340 g/mol. The first-order valence-corrected chi connectivity index (χ1v) is 8.51. The quantitative estimate of drug-likeness (QED) is 0.465. The van der Waals surface area contributed by atoms with Crippen LogP contribution in [0.15, 0.2) is 12.4 Å². The van der Waals surface area contributed by atoms with Crippen LogP contribution in [0.5, 0.6) is 0 Å². The Hall–Kier alpha value is -1.51. The first-order chi connectivity index (χ1) is 11.2. The zero-order chi connectivity index (χ0) is 17.7. The molecule has 0 radical (unpaired) electrons. The number of ether oxygens (including phenoxy) is 1. The summed E-state index contributed by atoms with van der Waals surface area (Å²) in [6.45, 7) is 8.15. The van der Waals surface area contributed by atoms with E-state index in [2.05, 4.69) is 5.10 Å². The van der Waals surface area contributed by atoms with Gasteiger partial charge in [0.15, 0.2) is 0 Å². The summed E-state index contributed by atoms with van der Waals surface area (Å²) in [7, 11) is 0. The van der Waals surface area contributed by atoms with Crippen LogP contribution in [0.3, 0.4) is 0 Å². The van der Waals surface area contributed by atoms with E-state index >= 15 is 0 Å². The first kappa shape index (κ1) is 18.8. The van der Waals surface area contributed by atoms with Gasteiger partial charge in [-0.3, -0.25) is 19.7 Å². The summed E-state index contributed by atoms with van der Waals surface area (Å²) in [6.07, 6.45) is 6.00. The fourth-order valence-electron chi connectivity index (χ4n) is 2.96. The Kier molecular flexibility index (Phi) is 6.31. The fourth-order valence-corrected chi connectivity index (χ4v) is 2.96. The lowest BCUT2D eigenvalue weighted by molar-refractivity contribution is -0.385. The summed E-state index contributed by atoms with van der Waals surface area (Å²) < 4.78 is 7.22. The van der Waals surface area contributed by atoms with Crippen molar-refractivity contribution in [3.8, 4) is 0 Å². The van der Waals surface area contributed by atoms with Crippen LogP contribution in [0.4, 0.5) is 5.69 Å². The molecule has 1 unspecified atom stereocenters. The molecular weight excluding hydrogens is 312 g/mol. The smallest absolute Gasteiger partial charge is 0.306 e. The molecule has 1 aliphatic heterocycles. The Morgan fingerprint density at radius 1 is 1.46 bits per heavy atom. The number of hydrogen-bond acceptors (Lipinski definition) is 6. The molecule has 2 heterocycles. The van der Waals surface area contributed by atoms with Gasteiger partial charge in [0.1, 0.15) is 12.4 Å². The van der Waals surface area contributed by atoms with E-state index < -0.39 is 11.3 Å². The van der Waals surface area contributed by atoms with Crippen LogP contribution in [-0.4, -0.2) is 49.8 Å². The number of aliphatic hydroxyl groups is 1. The standard InChI is InChI=1S/C16H28N4O4/c1-16(2,3)24-15(21)18-9-6-13(7-10-18)5-4-8-19-12-14(11-17-19)20(22)23/h11-13,15,21H,4-10H2,1-3H3. The highest BCUT2D eigenvalue weighted by Crippen LogP contribution is 2.24. The topological polar surface area (TPSA) is 93.7 Å². The number of aromatic nitrogens is 2. The lowest BCUT2D eigenvalue weighted by Gasteiger charge is -2.37. The largest absolute Gasteiger partial charge is 0.356 e. The SMILES string of the molecule is CC(C)(C)OC(O)N1CCC(CCCn2cc([N+](=O)[O-])cn2)CC1. The second-order valence-corrected chi connectivity index (χ2v) is 7.40. The average molecular weight is 340 g/mol. The van der Waals surface area contributed by atoms with Crippen molar-refractivity contribution in [3.05, 3.63) is 22.5 Å². The van der Waals surface area contributed by atoms with Crippen molar-refractivity contribution in [2.75, 3.05) is 13.1 Å². The van der Waals surface area contributed by atoms with Gasteiger partial charge in [-0.15, -0.1) is 0 Å². The molecule has 2 rings (SSSR count). The molecule has 0 spiro atoms. The molecule has 8 nitrogen and oxygen atoms in total. The van der Waals surface area contributed by atoms with E-state index in [0.29, 0.717) is 12.5 Å². The molecule has 1 saturated heterocycles. The van der Waals surface area contributed by atoms with Crippen molar-refractivity contribution in [1.82, 2.24) is 14.7 Å².